The second-order valence-electron chi connectivity index (χ2n) is 11.6. The summed E-state index contributed by atoms with van der Waals surface area (Å²) in [6.07, 6.45) is 4.34. The van der Waals surface area contributed by atoms with E-state index < -0.39 is 35.5 Å². The van der Waals surface area contributed by atoms with Crippen LogP contribution in [0.3, 0.4) is 0 Å². The van der Waals surface area contributed by atoms with Gasteiger partial charge >= 0.3 is 0 Å². The number of benzene rings is 1. The monoisotopic (exact) mass is 552 g/mol. The van der Waals surface area contributed by atoms with Crippen LogP contribution in [0.5, 0.6) is 5.75 Å². The highest BCUT2D eigenvalue weighted by Crippen LogP contribution is 2.52. The normalized spacial score (nSPS) is 32.8. The largest absolute Gasteiger partial charge is 0.492 e. The Labute approximate surface area is 229 Å². The average Bonchev–Trinajstić information content (AvgIpc) is 3.49. The second-order valence-corrected chi connectivity index (χ2v) is 11.6. The second kappa shape index (κ2) is 8.30. The molecule has 14 nitrogen and oxygen atoms in total. The van der Waals surface area contributed by atoms with Crippen LogP contribution in [0, 0.1) is 0 Å². The van der Waals surface area contributed by atoms with E-state index in [0.717, 1.165) is 36.1 Å². The molecule has 14 heteroatoms. The van der Waals surface area contributed by atoms with Crippen molar-refractivity contribution in [3.63, 3.8) is 0 Å². The first-order valence-corrected chi connectivity index (χ1v) is 13.6. The first kappa shape index (κ1) is 25.1. The molecule has 1 saturated carbocycles. The Morgan fingerprint density at radius 3 is 2.60 bits per heavy atom. The fraction of sp³-hybridized carbons (Fsp3) is 0.577. The zero-order chi connectivity index (χ0) is 28.0. The molecule has 212 valence electrons. The number of nitrogens with one attached hydrogen (secondary N) is 2. The van der Waals surface area contributed by atoms with Gasteiger partial charge in [0.1, 0.15) is 17.8 Å². The molecule has 4 atom stereocenters. The van der Waals surface area contributed by atoms with Crippen LogP contribution in [-0.4, -0.2) is 98.9 Å². The molecule has 1 aromatic rings. The van der Waals surface area contributed by atoms with Crippen molar-refractivity contribution in [3.8, 4) is 5.75 Å². The third-order valence-electron chi connectivity index (χ3n) is 9.60. The zero-order valence-corrected chi connectivity index (χ0v) is 21.8. The summed E-state index contributed by atoms with van der Waals surface area (Å²) in [6.45, 7) is 0.258. The molecule has 1 aromatic carbocycles. The fourth-order valence-electron chi connectivity index (χ4n) is 7.38. The van der Waals surface area contributed by atoms with Crippen molar-refractivity contribution in [2.75, 3.05) is 19.7 Å². The molecule has 2 spiro atoms. The molecule has 5 aliphatic heterocycles. The molecule has 4 unspecified atom stereocenters. The van der Waals surface area contributed by atoms with Crippen molar-refractivity contribution in [3.05, 3.63) is 29.3 Å². The van der Waals surface area contributed by atoms with Crippen molar-refractivity contribution in [2.45, 2.75) is 73.5 Å². The molecule has 5 heterocycles. The van der Waals surface area contributed by atoms with E-state index in [1.807, 2.05) is 12.1 Å². The van der Waals surface area contributed by atoms with Crippen LogP contribution in [-0.2, 0) is 15.0 Å². The summed E-state index contributed by atoms with van der Waals surface area (Å²) in [5.74, 6) is -3.45. The Morgan fingerprint density at radius 1 is 1.15 bits per heavy atom. The van der Waals surface area contributed by atoms with E-state index in [2.05, 4.69) is 20.6 Å². The molecule has 40 heavy (non-hydrogen) atoms. The molecular weight excluding hydrogens is 520 g/mol. The van der Waals surface area contributed by atoms with Crippen molar-refractivity contribution in [1.29, 1.82) is 0 Å². The highest BCUT2D eigenvalue weighted by atomic mass is 16.5. The molecule has 3 amide bonds. The van der Waals surface area contributed by atoms with Crippen molar-refractivity contribution in [1.82, 2.24) is 20.4 Å². The number of hydrogen-bond donors (Lipinski definition) is 6. The first-order chi connectivity index (χ1) is 19.1. The lowest BCUT2D eigenvalue weighted by Gasteiger charge is -2.49. The van der Waals surface area contributed by atoms with Gasteiger partial charge in [0, 0.05) is 30.4 Å². The Morgan fingerprint density at radius 2 is 1.90 bits per heavy atom. The number of rotatable bonds is 4. The number of imide groups is 1. The summed E-state index contributed by atoms with van der Waals surface area (Å²) < 4.78 is 5.97. The number of carbonyl (C=O) groups is 3. The van der Waals surface area contributed by atoms with Gasteiger partial charge in [-0.2, -0.15) is 0 Å². The van der Waals surface area contributed by atoms with Gasteiger partial charge in [0.2, 0.25) is 17.6 Å². The number of carbonyl (C=O) groups excluding carboxylic acids is 3. The molecule has 6 aliphatic rings. The minimum atomic E-state index is -2.64. The minimum Gasteiger partial charge on any atom is -0.492 e. The van der Waals surface area contributed by atoms with Crippen molar-refractivity contribution in [2.24, 2.45) is 21.5 Å². The topological polar surface area (TPSA) is 208 Å². The maximum absolute atomic E-state index is 13.6. The van der Waals surface area contributed by atoms with Gasteiger partial charge in [0.25, 0.3) is 5.91 Å². The van der Waals surface area contributed by atoms with E-state index in [1.165, 1.54) is 4.90 Å². The highest BCUT2D eigenvalue weighted by molar-refractivity contribution is 6.02. The lowest BCUT2D eigenvalue weighted by Crippen LogP contribution is -2.78. The Kier molecular flexibility index (Phi) is 5.21. The number of ether oxygens (including phenoxy) is 1. The maximum atomic E-state index is 13.6. The number of guanidine groups is 2. The van der Waals surface area contributed by atoms with Crippen LogP contribution < -0.4 is 26.8 Å². The summed E-state index contributed by atoms with van der Waals surface area (Å²) in [7, 11) is 0. The molecule has 0 aromatic heterocycles. The van der Waals surface area contributed by atoms with E-state index in [1.54, 1.807) is 6.07 Å². The number of para-hydroxylation sites is 1. The Bertz CT molecular complexity index is 1370. The Balaban J connectivity index is 1.19. The summed E-state index contributed by atoms with van der Waals surface area (Å²) in [5, 5.41) is 29.1. The molecule has 3 fully saturated rings. The van der Waals surface area contributed by atoms with E-state index in [-0.39, 0.29) is 55.1 Å². The van der Waals surface area contributed by atoms with Crippen LogP contribution in [0.25, 0.3) is 0 Å². The smallest absolute Gasteiger partial charge is 0.255 e. The quantitative estimate of drug-likeness (QED) is 0.176. The number of aliphatic imine (C=N–C) groups is 2. The zero-order valence-electron chi connectivity index (χ0n) is 21.8. The predicted octanol–water partition coefficient (Wildman–Crippen LogP) is -2.19. The molecule has 2 saturated heterocycles. The maximum Gasteiger partial charge on any atom is 0.255 e. The van der Waals surface area contributed by atoms with E-state index in [9.17, 15) is 24.6 Å². The summed E-state index contributed by atoms with van der Waals surface area (Å²) in [5.41, 5.74) is 11.9. The van der Waals surface area contributed by atoms with E-state index in [4.69, 9.17) is 16.2 Å². The fourth-order valence-corrected chi connectivity index (χ4v) is 7.38. The number of nitrogens with two attached hydrogens (primary N) is 2. The number of aliphatic hydroxyl groups is 2. The van der Waals surface area contributed by atoms with Crippen LogP contribution >= 0.6 is 0 Å². The minimum absolute atomic E-state index is 0.0302. The van der Waals surface area contributed by atoms with E-state index >= 15 is 0 Å². The van der Waals surface area contributed by atoms with Gasteiger partial charge in [-0.05, 0) is 25.3 Å². The molecule has 0 bridgehead atoms. The average molecular weight is 553 g/mol. The summed E-state index contributed by atoms with van der Waals surface area (Å²) >= 11 is 0. The number of amides is 3. The van der Waals surface area contributed by atoms with Crippen molar-refractivity contribution < 1.29 is 29.3 Å². The summed E-state index contributed by atoms with van der Waals surface area (Å²) in [4.78, 5) is 49.6. The highest BCUT2D eigenvalue weighted by Gasteiger charge is 2.73. The van der Waals surface area contributed by atoms with Gasteiger partial charge in [-0.1, -0.05) is 18.6 Å². The van der Waals surface area contributed by atoms with Gasteiger partial charge in [-0.15, -0.1) is 0 Å². The predicted molar refractivity (Wildman–Crippen MR) is 140 cm³/mol. The molecule has 8 N–H and O–H groups in total. The summed E-state index contributed by atoms with van der Waals surface area (Å²) in [6, 6.07) is 2.33. The van der Waals surface area contributed by atoms with Crippen LogP contribution in [0.4, 0.5) is 0 Å². The Hall–Kier alpha value is -3.91. The van der Waals surface area contributed by atoms with Gasteiger partial charge in [-0.3, -0.25) is 19.3 Å². The SMILES string of the molecule is NC1=NC2C(CN3C(=O)CCC3=O)N=C(N)N3CC(NC(=O)c4cccc5c4OCCC54CCC4)C(O)(O)C23N1. The first-order valence-electron chi connectivity index (χ1n) is 13.6. The molecule has 7 rings (SSSR count). The molecular formula is C26H32N8O6. The van der Waals surface area contributed by atoms with Crippen LogP contribution in [0.2, 0.25) is 0 Å². The van der Waals surface area contributed by atoms with Crippen molar-refractivity contribution >= 4 is 29.6 Å². The van der Waals surface area contributed by atoms with Gasteiger partial charge in [0.05, 0.1) is 24.8 Å². The van der Waals surface area contributed by atoms with Gasteiger partial charge < -0.3 is 42.0 Å². The standard InChI is InChI=1S/C26H32N8O6/c27-22-31-20-15(11-33-17(35)5-6-18(33)36)29-23(28)34-12-16(26(38,39)25(20,34)32-22)30-21(37)13-3-1-4-14-19(13)40-10-9-24(14)7-2-8-24/h1,3-4,15-16,20,38-39H,2,5-12H2,(H2,28,29)(H,30,37)(H3,27,31,32). The van der Waals surface area contributed by atoms with Gasteiger partial charge in [0.15, 0.2) is 17.6 Å². The number of fused-ring (bicyclic) bond motifs is 2. The van der Waals surface area contributed by atoms with Gasteiger partial charge in [-0.25, -0.2) is 9.98 Å². The van der Waals surface area contributed by atoms with Crippen LogP contribution in [0.15, 0.2) is 28.2 Å². The lowest BCUT2D eigenvalue weighted by atomic mass is 9.61. The third kappa shape index (κ3) is 3.19. The third-order valence-corrected chi connectivity index (χ3v) is 9.60. The number of nitrogens with zero attached hydrogens (tertiary/aromatic N) is 4. The molecule has 0 radical (unpaired) electrons. The number of likely N-dealkylation sites (tertiary alicyclic amines) is 1. The van der Waals surface area contributed by atoms with Crippen LogP contribution in [0.1, 0.15) is 54.4 Å². The molecule has 1 aliphatic carbocycles. The lowest BCUT2D eigenvalue weighted by molar-refractivity contribution is -0.230. The number of hydrogen-bond acceptors (Lipinski definition) is 12. The van der Waals surface area contributed by atoms with E-state index in [0.29, 0.717) is 17.9 Å².